The van der Waals surface area contributed by atoms with Crippen LogP contribution in [0.1, 0.15) is 31.4 Å². The Labute approximate surface area is 274 Å². The molecule has 1 unspecified atom stereocenters. The first-order chi connectivity index (χ1) is 21.8. The molecule has 15 heteroatoms. The minimum atomic E-state index is -1.50. The van der Waals surface area contributed by atoms with Crippen LogP contribution in [0, 0.1) is 5.82 Å². The van der Waals surface area contributed by atoms with Gasteiger partial charge in [-0.3, -0.25) is 15.1 Å². The van der Waals surface area contributed by atoms with Crippen molar-refractivity contribution in [1.82, 2.24) is 10.8 Å². The van der Waals surface area contributed by atoms with Gasteiger partial charge in [0.05, 0.1) is 22.9 Å². The molecule has 250 valence electrons. The number of benzene rings is 2. The molecule has 2 saturated heterocycles. The molecule has 12 nitrogen and oxygen atoms in total. The molecule has 0 radical (unpaired) electrons. The maximum absolute atomic E-state index is 15.0. The minimum Gasteiger partial charge on any atom is -0.462 e. The van der Waals surface area contributed by atoms with Crippen molar-refractivity contribution in [3.8, 4) is 5.75 Å². The molecule has 0 aromatic heterocycles. The Balaban J connectivity index is 1.14. The molecule has 1 saturated carbocycles. The Morgan fingerprint density at radius 1 is 1.09 bits per heavy atom. The Morgan fingerprint density at radius 2 is 1.80 bits per heavy atom. The van der Waals surface area contributed by atoms with E-state index >= 15 is 4.39 Å². The zero-order valence-electron chi connectivity index (χ0n) is 24.8. The highest BCUT2D eigenvalue weighted by Crippen LogP contribution is 2.32. The lowest BCUT2D eigenvalue weighted by Crippen LogP contribution is -2.67. The summed E-state index contributed by atoms with van der Waals surface area (Å²) >= 11 is 12.1. The smallest absolute Gasteiger partial charge is 0.247 e. The van der Waals surface area contributed by atoms with Crippen molar-refractivity contribution in [1.29, 1.82) is 0 Å². The number of rotatable bonds is 10. The zero-order chi connectivity index (χ0) is 33.3. The maximum atomic E-state index is 15.0. The van der Waals surface area contributed by atoms with E-state index in [-0.39, 0.29) is 24.5 Å². The Hall–Kier alpha value is -2.82. The second-order valence-electron chi connectivity index (χ2n) is 11.3. The quantitative estimate of drug-likeness (QED) is 0.160. The number of halogens is 3. The highest BCUT2D eigenvalue weighted by molar-refractivity contribution is 6.35. The molecule has 10 atom stereocenters. The third-order valence-electron chi connectivity index (χ3n) is 8.07. The van der Waals surface area contributed by atoms with Gasteiger partial charge < -0.3 is 44.7 Å². The van der Waals surface area contributed by atoms with Gasteiger partial charge in [0.2, 0.25) is 12.2 Å². The predicted molar refractivity (Wildman–Crippen MR) is 164 cm³/mol. The van der Waals surface area contributed by atoms with Crippen LogP contribution in [0.3, 0.4) is 0 Å². The Bertz CT molecular complexity index is 1480. The first-order valence-corrected chi connectivity index (χ1v) is 15.2. The van der Waals surface area contributed by atoms with Crippen molar-refractivity contribution < 1.29 is 53.4 Å². The first-order valence-electron chi connectivity index (χ1n) is 14.5. The van der Waals surface area contributed by atoms with Crippen molar-refractivity contribution in [2.75, 3.05) is 6.79 Å². The standard InChI is InChI=1S/C31H35Cl2FN2O10/c1-13(31(41)35-24-25(38)27(40)30-29(26(24)39)42-12-43-30)8-16-4-7-22(20(34)9-16)44-23-11-21(37)28(45-23)15(3)46-36-14(2)18-6-5-17(32)10-19(18)33/h4-10,15,21,23-30,36-40H,2,11-12H2,1,3H3,(H,35,41)/t15?,21-,23+,24+,25-,26+,27+,28+,29-,30+/m0/s1. The SMILES string of the molecule is C=C(NOC(C)[C@H]1O[C@@H](Oc2ccc(C=C(C)C(=O)N[C@@H]3[C@H](O)[C@@H](O)[C@H]4OCO[C@H]4[C@@H]3O)cc2F)C[C@@H]1O)c1ccc(Cl)cc1Cl. The van der Waals surface area contributed by atoms with Crippen molar-refractivity contribution in [2.24, 2.45) is 0 Å². The predicted octanol–water partition coefficient (Wildman–Crippen LogP) is 2.29. The number of hydrogen-bond donors (Lipinski definition) is 6. The van der Waals surface area contributed by atoms with Crippen LogP contribution < -0.4 is 15.5 Å². The van der Waals surface area contributed by atoms with E-state index in [4.69, 9.17) is 47.0 Å². The summed E-state index contributed by atoms with van der Waals surface area (Å²) < 4.78 is 37.0. The average molecular weight is 686 g/mol. The van der Waals surface area contributed by atoms with Crippen molar-refractivity contribution in [3.05, 3.63) is 75.5 Å². The summed E-state index contributed by atoms with van der Waals surface area (Å²) in [7, 11) is 0. The molecule has 2 aromatic carbocycles. The number of amides is 1. The molecule has 2 aliphatic heterocycles. The molecule has 3 aliphatic rings. The van der Waals surface area contributed by atoms with Gasteiger partial charge in [-0.05, 0) is 55.8 Å². The number of hydrogen-bond acceptors (Lipinski definition) is 11. The fraction of sp³-hybridized carbons (Fsp3) is 0.452. The van der Waals surface area contributed by atoms with Gasteiger partial charge in [0, 0.05) is 22.6 Å². The van der Waals surface area contributed by atoms with Gasteiger partial charge >= 0.3 is 0 Å². The fourth-order valence-corrected chi connectivity index (χ4v) is 6.08. The van der Waals surface area contributed by atoms with E-state index in [0.717, 1.165) is 6.07 Å². The monoisotopic (exact) mass is 684 g/mol. The van der Waals surface area contributed by atoms with Crippen LogP contribution in [0.2, 0.25) is 10.0 Å². The van der Waals surface area contributed by atoms with Gasteiger partial charge in [-0.15, -0.1) is 0 Å². The molecule has 1 amide bonds. The van der Waals surface area contributed by atoms with E-state index in [1.807, 2.05) is 0 Å². The van der Waals surface area contributed by atoms with Gasteiger partial charge in [0.25, 0.3) is 0 Å². The lowest BCUT2D eigenvalue weighted by molar-refractivity contribution is -0.155. The summed E-state index contributed by atoms with van der Waals surface area (Å²) in [4.78, 5) is 18.5. The van der Waals surface area contributed by atoms with E-state index < -0.39 is 72.9 Å². The van der Waals surface area contributed by atoms with Crippen LogP contribution in [0.4, 0.5) is 4.39 Å². The number of nitrogens with one attached hydrogen (secondary N) is 2. The van der Waals surface area contributed by atoms with Crippen LogP contribution in [0.5, 0.6) is 5.75 Å². The van der Waals surface area contributed by atoms with Crippen molar-refractivity contribution >= 4 is 40.9 Å². The molecule has 46 heavy (non-hydrogen) atoms. The van der Waals surface area contributed by atoms with E-state index in [0.29, 0.717) is 26.9 Å². The minimum absolute atomic E-state index is 0.0506. The summed E-state index contributed by atoms with van der Waals surface area (Å²) in [5.41, 5.74) is 4.11. The molecule has 0 bridgehead atoms. The summed E-state index contributed by atoms with van der Waals surface area (Å²) in [6.45, 7) is 6.89. The van der Waals surface area contributed by atoms with Gasteiger partial charge in [0.1, 0.15) is 49.5 Å². The molecular formula is C31H35Cl2FN2O10. The summed E-state index contributed by atoms with van der Waals surface area (Å²) in [6.07, 6.45) is -8.00. The Kier molecular flexibility index (Phi) is 10.9. The van der Waals surface area contributed by atoms with Gasteiger partial charge in [-0.2, -0.15) is 0 Å². The maximum Gasteiger partial charge on any atom is 0.247 e. The molecular weight excluding hydrogens is 650 g/mol. The largest absolute Gasteiger partial charge is 0.462 e. The molecule has 1 aliphatic carbocycles. The fourth-order valence-electron chi connectivity index (χ4n) is 5.55. The highest BCUT2D eigenvalue weighted by Gasteiger charge is 2.53. The first kappa shape index (κ1) is 34.5. The van der Waals surface area contributed by atoms with E-state index in [1.54, 1.807) is 25.1 Å². The third kappa shape index (κ3) is 7.50. The van der Waals surface area contributed by atoms with Gasteiger partial charge in [-0.25, -0.2) is 4.39 Å². The number of hydroxylamine groups is 1. The number of aliphatic hydroxyl groups is 4. The van der Waals surface area contributed by atoms with Crippen LogP contribution in [-0.4, -0.2) is 94.3 Å². The molecule has 2 aromatic rings. The molecule has 2 heterocycles. The van der Waals surface area contributed by atoms with E-state index in [1.165, 1.54) is 25.1 Å². The Morgan fingerprint density at radius 3 is 2.50 bits per heavy atom. The van der Waals surface area contributed by atoms with Gasteiger partial charge in [-0.1, -0.05) is 35.8 Å². The number of aliphatic hydroxyl groups excluding tert-OH is 4. The highest BCUT2D eigenvalue weighted by atomic mass is 35.5. The van der Waals surface area contributed by atoms with E-state index in [2.05, 4.69) is 17.4 Å². The normalized spacial score (nSPS) is 31.7. The third-order valence-corrected chi connectivity index (χ3v) is 8.61. The zero-order valence-corrected chi connectivity index (χ0v) is 26.3. The molecule has 6 N–H and O–H groups in total. The van der Waals surface area contributed by atoms with Crippen LogP contribution in [0.15, 0.2) is 48.6 Å². The van der Waals surface area contributed by atoms with Crippen molar-refractivity contribution in [2.45, 2.75) is 81.4 Å². The van der Waals surface area contributed by atoms with Crippen LogP contribution >= 0.6 is 23.2 Å². The number of fused-ring (bicyclic) bond motifs is 1. The van der Waals surface area contributed by atoms with Crippen molar-refractivity contribution in [3.63, 3.8) is 0 Å². The summed E-state index contributed by atoms with van der Waals surface area (Å²) in [6, 6.07) is 7.71. The second kappa shape index (κ2) is 14.5. The summed E-state index contributed by atoms with van der Waals surface area (Å²) in [5.74, 6) is -1.53. The molecule has 3 fully saturated rings. The molecule has 0 spiro atoms. The number of carbonyl (C=O) groups excluding carboxylic acids is 1. The lowest BCUT2D eigenvalue weighted by atomic mass is 9.83. The van der Waals surface area contributed by atoms with Gasteiger partial charge in [0.15, 0.2) is 11.6 Å². The second-order valence-corrected chi connectivity index (χ2v) is 12.2. The van der Waals surface area contributed by atoms with E-state index in [9.17, 15) is 25.2 Å². The topological polar surface area (TPSA) is 168 Å². The van der Waals surface area contributed by atoms with Crippen LogP contribution in [-0.2, 0) is 23.8 Å². The number of ether oxygens (including phenoxy) is 4. The lowest BCUT2D eigenvalue weighted by Gasteiger charge is -2.41. The molecule has 5 rings (SSSR count). The average Bonchev–Trinajstić information content (AvgIpc) is 3.65. The number of carbonyl (C=O) groups is 1. The summed E-state index contributed by atoms with van der Waals surface area (Å²) in [5, 5.41) is 45.3. The van der Waals surface area contributed by atoms with Crippen LogP contribution in [0.25, 0.3) is 11.8 Å².